The van der Waals surface area contributed by atoms with Gasteiger partial charge in [0.1, 0.15) is 8.24 Å². The van der Waals surface area contributed by atoms with Crippen molar-refractivity contribution < 1.29 is 0 Å². The minimum Gasteiger partial charge on any atom is -0.334 e. The molecule has 1 aliphatic rings. The lowest BCUT2D eigenvalue weighted by atomic mass is 10.1. The van der Waals surface area contributed by atoms with Gasteiger partial charge in [-0.25, -0.2) is 0 Å². The number of hydrogen-bond donors (Lipinski definition) is 1. The van der Waals surface area contributed by atoms with Crippen molar-refractivity contribution in [3.63, 3.8) is 0 Å². The van der Waals surface area contributed by atoms with Crippen LogP contribution in [0.2, 0.25) is 18.6 Å². The molecular weight excluding hydrogens is 294 g/mol. The van der Waals surface area contributed by atoms with E-state index in [1.54, 1.807) is 11.1 Å². The van der Waals surface area contributed by atoms with Crippen molar-refractivity contribution in [2.75, 3.05) is 0 Å². The van der Waals surface area contributed by atoms with Gasteiger partial charge in [0.25, 0.3) is 0 Å². The molecule has 0 unspecified atom stereocenters. The summed E-state index contributed by atoms with van der Waals surface area (Å²) in [6, 6.07) is 11.4. The molecule has 0 amide bonds. The van der Waals surface area contributed by atoms with E-state index in [1.165, 1.54) is 23.1 Å². The molecule has 0 heterocycles. The summed E-state index contributed by atoms with van der Waals surface area (Å²) in [4.78, 5) is 4.04. The van der Waals surface area contributed by atoms with E-state index in [0.29, 0.717) is 11.6 Å². The van der Waals surface area contributed by atoms with Gasteiger partial charge in [0.15, 0.2) is 0 Å². The van der Waals surface area contributed by atoms with Gasteiger partial charge >= 0.3 is 0 Å². The van der Waals surface area contributed by atoms with Gasteiger partial charge in [0.2, 0.25) is 0 Å². The van der Waals surface area contributed by atoms with Crippen LogP contribution in [-0.4, -0.2) is 14.3 Å². The number of aryl methyl sites for hydroxylation is 1. The molecule has 1 aromatic rings. The predicted molar refractivity (Wildman–Crippen MR) is 105 cm³/mol. The van der Waals surface area contributed by atoms with E-state index in [9.17, 15) is 0 Å². The summed E-state index contributed by atoms with van der Waals surface area (Å²) in [5.41, 5.74) is 8.33. The fourth-order valence-corrected chi connectivity index (χ4v) is 8.43. The third-order valence-corrected chi connectivity index (χ3v) is 9.21. The van der Waals surface area contributed by atoms with E-state index in [2.05, 4.69) is 83.0 Å². The van der Waals surface area contributed by atoms with Crippen LogP contribution in [0.25, 0.3) is 0 Å². The maximum atomic E-state index is 4.04. The Morgan fingerprint density at radius 1 is 0.957 bits per heavy atom. The zero-order chi connectivity index (χ0) is 17.2. The monoisotopic (exact) mass is 327 g/mol. The molecule has 0 saturated carbocycles. The lowest BCUT2D eigenvalue weighted by Crippen LogP contribution is -2.53. The lowest BCUT2D eigenvalue weighted by molar-refractivity contribution is 0.602. The van der Waals surface area contributed by atoms with Gasteiger partial charge in [-0.1, -0.05) is 61.5 Å². The summed E-state index contributed by atoms with van der Waals surface area (Å²) >= 11 is 0. The molecule has 1 aliphatic carbocycles. The third kappa shape index (κ3) is 4.05. The Labute approximate surface area is 144 Å². The third-order valence-electron chi connectivity index (χ3n) is 5.66. The topological polar surface area (TPSA) is 12.0 Å². The quantitative estimate of drug-likeness (QED) is 0.645. The highest BCUT2D eigenvalue weighted by Crippen LogP contribution is 2.45. The van der Waals surface area contributed by atoms with Crippen LogP contribution in [0.15, 0.2) is 52.6 Å². The van der Waals surface area contributed by atoms with Crippen molar-refractivity contribution in [3.8, 4) is 0 Å². The Bertz CT molecular complexity index is 586. The molecule has 1 atom stereocenters. The maximum Gasteiger partial charge on any atom is 0.130 e. The first-order chi connectivity index (χ1) is 10.7. The fourth-order valence-electron chi connectivity index (χ4n) is 4.25. The van der Waals surface area contributed by atoms with Crippen molar-refractivity contribution >= 4 is 8.24 Å². The van der Waals surface area contributed by atoms with Crippen LogP contribution in [0, 0.1) is 0 Å². The van der Waals surface area contributed by atoms with Crippen LogP contribution in [-0.2, 0) is 6.42 Å². The standard InChI is InChI=1S/C21H33NSi/c1-15(13-14-20-11-9-8-10-12-20)22-23(6,7)21-18(4)16(2)17(3)19(21)5/h8-12,15,21-22H,13-14H2,1-7H3/t15-/m1/s1. The summed E-state index contributed by atoms with van der Waals surface area (Å²) < 4.78 is 0. The van der Waals surface area contributed by atoms with E-state index >= 15 is 0 Å². The molecule has 0 radical (unpaired) electrons. The molecule has 2 rings (SSSR count). The van der Waals surface area contributed by atoms with Gasteiger partial charge in [-0.15, -0.1) is 0 Å². The minimum absolute atomic E-state index is 0.568. The highest BCUT2D eigenvalue weighted by Gasteiger charge is 2.39. The molecule has 0 bridgehead atoms. The number of nitrogens with one attached hydrogen (secondary N) is 1. The van der Waals surface area contributed by atoms with E-state index in [0.717, 1.165) is 6.42 Å². The van der Waals surface area contributed by atoms with Gasteiger partial charge in [0, 0.05) is 5.54 Å². The average Bonchev–Trinajstić information content (AvgIpc) is 2.70. The van der Waals surface area contributed by atoms with Gasteiger partial charge < -0.3 is 4.98 Å². The molecule has 0 fully saturated rings. The van der Waals surface area contributed by atoms with Gasteiger partial charge in [-0.05, 0) is 63.3 Å². The first-order valence-electron chi connectivity index (χ1n) is 8.90. The number of allylic oxidation sites excluding steroid dienone is 4. The van der Waals surface area contributed by atoms with Crippen LogP contribution >= 0.6 is 0 Å². The number of rotatable bonds is 6. The predicted octanol–water partition coefficient (Wildman–Crippen LogP) is 5.86. The molecule has 1 aromatic carbocycles. The molecule has 0 aliphatic heterocycles. The van der Waals surface area contributed by atoms with E-state index < -0.39 is 8.24 Å². The summed E-state index contributed by atoms with van der Waals surface area (Å²) in [7, 11) is -1.55. The lowest BCUT2D eigenvalue weighted by Gasteiger charge is -2.36. The second-order valence-corrected chi connectivity index (χ2v) is 12.1. The van der Waals surface area contributed by atoms with Crippen molar-refractivity contribution in [2.24, 2.45) is 0 Å². The molecule has 1 nitrogen and oxygen atoms in total. The van der Waals surface area contributed by atoms with Crippen LogP contribution in [0.5, 0.6) is 0 Å². The average molecular weight is 328 g/mol. The molecule has 1 N–H and O–H groups in total. The highest BCUT2D eigenvalue weighted by atomic mass is 28.3. The molecule has 0 spiro atoms. The van der Waals surface area contributed by atoms with Gasteiger partial charge in [-0.3, -0.25) is 0 Å². The van der Waals surface area contributed by atoms with E-state index in [4.69, 9.17) is 0 Å². The molecule has 0 aromatic heterocycles. The first kappa shape index (κ1) is 18.2. The number of benzene rings is 1. The van der Waals surface area contributed by atoms with Crippen molar-refractivity contribution in [2.45, 2.75) is 72.1 Å². The molecule has 0 saturated heterocycles. The SMILES string of the molecule is CC1=C(C)C([Si](C)(C)N[C@H](C)CCc2ccccc2)C(C)=C1C. The molecule has 23 heavy (non-hydrogen) atoms. The molecule has 2 heteroatoms. The summed E-state index contributed by atoms with van der Waals surface area (Å²) in [6.45, 7) is 16.6. The van der Waals surface area contributed by atoms with Gasteiger partial charge in [0.05, 0.1) is 0 Å². The second-order valence-electron chi connectivity index (χ2n) is 7.84. The summed E-state index contributed by atoms with van der Waals surface area (Å²) in [6.07, 6.45) is 2.36. The van der Waals surface area contributed by atoms with Crippen molar-refractivity contribution in [1.82, 2.24) is 4.98 Å². The summed E-state index contributed by atoms with van der Waals surface area (Å²) in [5.74, 6) is 0. The maximum absolute atomic E-state index is 4.04. The van der Waals surface area contributed by atoms with Crippen molar-refractivity contribution in [3.05, 3.63) is 58.2 Å². The Morgan fingerprint density at radius 2 is 1.48 bits per heavy atom. The highest BCUT2D eigenvalue weighted by molar-refractivity contribution is 6.78. The van der Waals surface area contributed by atoms with Crippen LogP contribution in [0.3, 0.4) is 0 Å². The Morgan fingerprint density at radius 3 is 2.00 bits per heavy atom. The van der Waals surface area contributed by atoms with E-state index in [1.807, 2.05) is 0 Å². The van der Waals surface area contributed by atoms with Gasteiger partial charge in [-0.2, -0.15) is 0 Å². The minimum atomic E-state index is -1.55. The summed E-state index contributed by atoms with van der Waals surface area (Å²) in [5, 5.41) is 0. The Balaban J connectivity index is 2.01. The largest absolute Gasteiger partial charge is 0.334 e. The van der Waals surface area contributed by atoms with Crippen LogP contribution in [0.1, 0.15) is 46.6 Å². The van der Waals surface area contributed by atoms with Crippen LogP contribution < -0.4 is 4.98 Å². The molecule has 126 valence electrons. The molecular formula is C21H33NSi. The normalized spacial score (nSPS) is 18.0. The smallest absolute Gasteiger partial charge is 0.130 e. The van der Waals surface area contributed by atoms with E-state index in [-0.39, 0.29) is 0 Å². The Hall–Kier alpha value is -1.12. The second kappa shape index (κ2) is 7.19. The van der Waals surface area contributed by atoms with Crippen LogP contribution in [0.4, 0.5) is 0 Å². The zero-order valence-electron chi connectivity index (χ0n) is 16.0. The Kier molecular flexibility index (Phi) is 5.69. The van der Waals surface area contributed by atoms with Crippen molar-refractivity contribution in [1.29, 1.82) is 0 Å². The zero-order valence-corrected chi connectivity index (χ0v) is 17.0. The number of hydrogen-bond acceptors (Lipinski definition) is 1. The fraction of sp³-hybridized carbons (Fsp3) is 0.524. The first-order valence-corrected chi connectivity index (χ1v) is 12.0.